The third kappa shape index (κ3) is 4.65. The molecule has 0 aromatic carbocycles. The van der Waals surface area contributed by atoms with Gasteiger partial charge in [0.1, 0.15) is 6.26 Å². The quantitative estimate of drug-likeness (QED) is 0.749. The summed E-state index contributed by atoms with van der Waals surface area (Å²) in [5.74, 6) is 0.359. The highest BCUT2D eigenvalue weighted by atomic mass is 32.2. The van der Waals surface area contributed by atoms with E-state index in [0.717, 1.165) is 0 Å². The van der Waals surface area contributed by atoms with Crippen molar-refractivity contribution in [3.8, 4) is 11.9 Å². The van der Waals surface area contributed by atoms with Crippen LogP contribution in [0.25, 0.3) is 0 Å². The van der Waals surface area contributed by atoms with Crippen LogP contribution >= 0.6 is 0 Å². The molecule has 0 amide bonds. The Morgan fingerprint density at radius 1 is 1.09 bits per heavy atom. The van der Waals surface area contributed by atoms with Crippen LogP contribution in [0.4, 0.5) is 0 Å². The molecule has 0 aliphatic rings. The average molecular weight is 341 g/mol. The zero-order valence-corrected chi connectivity index (χ0v) is 14.3. The smallest absolute Gasteiger partial charge is 0.319 e. The minimum atomic E-state index is -3.47. The normalized spacial score (nSPS) is 11.7. The van der Waals surface area contributed by atoms with Gasteiger partial charge in [0.05, 0.1) is 37.1 Å². The summed E-state index contributed by atoms with van der Waals surface area (Å²) in [7, 11) is -0.642. The number of hydrogen-bond acceptors (Lipinski definition) is 8. The monoisotopic (exact) mass is 341 g/mol. The highest BCUT2D eigenvalue weighted by Gasteiger charge is 2.19. The van der Waals surface area contributed by atoms with Crippen molar-refractivity contribution in [1.82, 2.24) is 15.0 Å². The first kappa shape index (κ1) is 17.2. The van der Waals surface area contributed by atoms with Gasteiger partial charge in [-0.3, -0.25) is 0 Å². The minimum Gasteiger partial charge on any atom is -0.481 e. The number of aromatic nitrogens is 3. The van der Waals surface area contributed by atoms with E-state index in [1.165, 1.54) is 26.5 Å². The van der Waals surface area contributed by atoms with Crippen molar-refractivity contribution in [1.29, 1.82) is 0 Å². The molecule has 0 fully saturated rings. The number of methoxy groups -OCH3 is 2. The molecule has 2 aromatic heterocycles. The van der Waals surface area contributed by atoms with Crippen LogP contribution in [-0.4, -0.2) is 37.6 Å². The minimum absolute atomic E-state index is 0.0538. The number of sulfone groups is 1. The first-order valence-corrected chi connectivity index (χ1v) is 8.75. The van der Waals surface area contributed by atoms with E-state index in [2.05, 4.69) is 15.0 Å². The maximum Gasteiger partial charge on any atom is 0.319 e. The SMILES string of the molecule is COc1cc(CS(=O)(=O)Cc2coc(C(C)C)n2)nc(OC)n1. The molecule has 0 aliphatic heterocycles. The molecule has 126 valence electrons. The van der Waals surface area contributed by atoms with Crippen LogP contribution in [0.1, 0.15) is 37.0 Å². The Balaban J connectivity index is 2.17. The molecule has 0 aliphatic carbocycles. The van der Waals surface area contributed by atoms with Gasteiger partial charge in [-0.25, -0.2) is 13.4 Å². The molecule has 8 nitrogen and oxygen atoms in total. The van der Waals surface area contributed by atoms with Crippen LogP contribution in [0, 0.1) is 0 Å². The Bertz CT molecular complexity index is 748. The molecule has 0 atom stereocenters. The van der Waals surface area contributed by atoms with Gasteiger partial charge in [-0.1, -0.05) is 13.8 Å². The summed E-state index contributed by atoms with van der Waals surface area (Å²) >= 11 is 0. The molecule has 9 heteroatoms. The molecule has 0 N–H and O–H groups in total. The summed E-state index contributed by atoms with van der Waals surface area (Å²) in [6.45, 7) is 3.84. The van der Waals surface area contributed by atoms with Gasteiger partial charge in [0.2, 0.25) is 5.88 Å². The lowest BCUT2D eigenvalue weighted by molar-refractivity contribution is 0.350. The fourth-order valence-electron chi connectivity index (χ4n) is 1.87. The molecule has 2 heterocycles. The maximum atomic E-state index is 12.3. The van der Waals surface area contributed by atoms with Crippen molar-refractivity contribution in [2.75, 3.05) is 14.2 Å². The molecule has 0 radical (unpaired) electrons. The number of rotatable bonds is 7. The second-order valence-corrected chi connectivity index (χ2v) is 7.32. The van der Waals surface area contributed by atoms with Crippen LogP contribution in [0.2, 0.25) is 0 Å². The highest BCUT2D eigenvalue weighted by Crippen LogP contribution is 2.19. The molecule has 0 unspecified atom stereocenters. The van der Waals surface area contributed by atoms with Crippen LogP contribution in [0.15, 0.2) is 16.7 Å². The topological polar surface area (TPSA) is 104 Å². The zero-order valence-electron chi connectivity index (χ0n) is 13.4. The average Bonchev–Trinajstić information content (AvgIpc) is 2.94. The molecule has 0 saturated heterocycles. The number of ether oxygens (including phenoxy) is 2. The molecule has 2 rings (SSSR count). The fourth-order valence-corrected chi connectivity index (χ4v) is 3.16. The predicted molar refractivity (Wildman–Crippen MR) is 82.1 cm³/mol. The molecule has 2 aromatic rings. The van der Waals surface area contributed by atoms with Gasteiger partial charge in [0.15, 0.2) is 15.7 Å². The highest BCUT2D eigenvalue weighted by molar-refractivity contribution is 7.89. The van der Waals surface area contributed by atoms with Crippen molar-refractivity contribution in [2.24, 2.45) is 0 Å². The summed E-state index contributed by atoms with van der Waals surface area (Å²) in [6.07, 6.45) is 1.37. The van der Waals surface area contributed by atoms with Crippen molar-refractivity contribution in [3.63, 3.8) is 0 Å². The van der Waals surface area contributed by atoms with Gasteiger partial charge >= 0.3 is 6.01 Å². The van der Waals surface area contributed by atoms with Crippen LogP contribution in [-0.2, 0) is 21.3 Å². The van der Waals surface area contributed by atoms with Crippen LogP contribution in [0.3, 0.4) is 0 Å². The zero-order chi connectivity index (χ0) is 17.0. The summed E-state index contributed by atoms with van der Waals surface area (Å²) in [5, 5.41) is 0. The molecule has 0 bridgehead atoms. The van der Waals surface area contributed by atoms with Crippen molar-refractivity contribution >= 4 is 9.84 Å². The second kappa shape index (κ2) is 6.95. The van der Waals surface area contributed by atoms with Crippen LogP contribution < -0.4 is 9.47 Å². The Hall–Kier alpha value is -2.16. The maximum absolute atomic E-state index is 12.3. The summed E-state index contributed by atoms with van der Waals surface area (Å²) in [4.78, 5) is 12.1. The Kier molecular flexibility index (Phi) is 5.19. The fraction of sp³-hybridized carbons (Fsp3) is 0.500. The van der Waals surface area contributed by atoms with Gasteiger partial charge in [0, 0.05) is 12.0 Å². The number of oxazole rings is 1. The Labute approximate surface area is 134 Å². The standard InChI is InChI=1S/C14H19N3O5S/c1-9(2)13-15-11(6-22-13)8-23(18,19)7-10-5-12(20-3)17-14(16-10)21-4/h5-6,9H,7-8H2,1-4H3. The molecule has 23 heavy (non-hydrogen) atoms. The molecular weight excluding hydrogens is 322 g/mol. The Morgan fingerprint density at radius 2 is 1.78 bits per heavy atom. The van der Waals surface area contributed by atoms with Gasteiger partial charge in [0.25, 0.3) is 0 Å². The summed E-state index contributed by atoms with van der Waals surface area (Å²) < 4.78 is 39.8. The van der Waals surface area contributed by atoms with E-state index in [1.54, 1.807) is 0 Å². The Morgan fingerprint density at radius 3 is 2.35 bits per heavy atom. The van der Waals surface area contributed by atoms with E-state index in [4.69, 9.17) is 13.9 Å². The first-order valence-electron chi connectivity index (χ1n) is 6.93. The second-order valence-electron chi connectivity index (χ2n) is 5.25. The third-order valence-electron chi connectivity index (χ3n) is 2.93. The molecule has 0 saturated carbocycles. The number of nitrogens with zero attached hydrogens (tertiary/aromatic N) is 3. The van der Waals surface area contributed by atoms with Gasteiger partial charge in [-0.2, -0.15) is 9.97 Å². The first-order chi connectivity index (χ1) is 10.8. The van der Waals surface area contributed by atoms with E-state index in [9.17, 15) is 8.42 Å². The van der Waals surface area contributed by atoms with Crippen molar-refractivity contribution in [3.05, 3.63) is 29.6 Å². The lowest BCUT2D eigenvalue weighted by Crippen LogP contribution is -2.10. The van der Waals surface area contributed by atoms with E-state index in [-0.39, 0.29) is 29.3 Å². The largest absolute Gasteiger partial charge is 0.481 e. The number of hydrogen-bond donors (Lipinski definition) is 0. The van der Waals surface area contributed by atoms with Crippen molar-refractivity contribution in [2.45, 2.75) is 31.3 Å². The van der Waals surface area contributed by atoms with Crippen LogP contribution in [0.5, 0.6) is 11.9 Å². The van der Waals surface area contributed by atoms with E-state index >= 15 is 0 Å². The van der Waals surface area contributed by atoms with Gasteiger partial charge in [-0.15, -0.1) is 0 Å². The van der Waals surface area contributed by atoms with Gasteiger partial charge < -0.3 is 13.9 Å². The van der Waals surface area contributed by atoms with E-state index in [1.807, 2.05) is 13.8 Å². The lowest BCUT2D eigenvalue weighted by Gasteiger charge is -2.06. The van der Waals surface area contributed by atoms with Crippen molar-refractivity contribution < 1.29 is 22.3 Å². The predicted octanol–water partition coefficient (Wildman–Crippen LogP) is 1.72. The third-order valence-corrected chi connectivity index (χ3v) is 4.40. The van der Waals surface area contributed by atoms with Gasteiger partial charge in [-0.05, 0) is 0 Å². The molecular formula is C14H19N3O5S. The summed E-state index contributed by atoms with van der Waals surface area (Å²) in [5.41, 5.74) is 0.669. The lowest BCUT2D eigenvalue weighted by atomic mass is 10.2. The molecule has 0 spiro atoms. The van der Waals surface area contributed by atoms with E-state index < -0.39 is 9.84 Å². The van der Waals surface area contributed by atoms with E-state index in [0.29, 0.717) is 17.3 Å². The summed E-state index contributed by atoms with van der Waals surface area (Å²) in [6, 6.07) is 1.51.